The normalized spacial score (nSPS) is 18.2. The number of carbonyl (C=O) groups excluding carboxylic acids is 1. The van der Waals surface area contributed by atoms with E-state index in [0.717, 1.165) is 28.0 Å². The van der Waals surface area contributed by atoms with Gasteiger partial charge in [-0.1, -0.05) is 54.1 Å². The number of hydrogen-bond acceptors (Lipinski definition) is 6. The molecule has 0 spiro atoms. The van der Waals surface area contributed by atoms with Crippen LogP contribution in [0.15, 0.2) is 84.7 Å². The lowest BCUT2D eigenvalue weighted by atomic mass is 9.84. The zero-order chi connectivity index (χ0) is 23.2. The largest absolute Gasteiger partial charge is 0.480 e. The minimum Gasteiger partial charge on any atom is -0.480 e. The molecule has 168 valence electrons. The van der Waals surface area contributed by atoms with Gasteiger partial charge in [-0.3, -0.25) is 0 Å². The molecule has 1 aromatic heterocycles. The molecule has 2 aliphatic rings. The topological polar surface area (TPSA) is 78.3 Å². The van der Waals surface area contributed by atoms with Gasteiger partial charge < -0.3 is 14.8 Å². The third-order valence-corrected chi connectivity index (χ3v) is 6.36. The minimum absolute atomic E-state index is 0.257. The molecule has 0 fully saturated rings. The molecule has 3 heterocycles. The number of halogens is 1. The smallest absolute Gasteiger partial charge is 0.337 e. The van der Waals surface area contributed by atoms with Gasteiger partial charge in [-0.15, -0.1) is 0 Å². The summed E-state index contributed by atoms with van der Waals surface area (Å²) >= 11 is 6.37. The highest BCUT2D eigenvalue weighted by molar-refractivity contribution is 6.30. The number of anilines is 1. The standard InChI is InChI=1S/C26H19ClN4O3/c1-33-25(32)17-9-7-16(8-10-17)24-21-22(19-13-18(27)11-12-20(19)34-24)30-26-28-14-29-31(26)23(21)15-5-3-2-4-6-15/h2-14,23-24H,1H3,(H,28,29,30)/t23-,24-/m0/s1. The molecular formula is C26H19ClN4O3. The lowest BCUT2D eigenvalue weighted by molar-refractivity contribution is 0.0600. The van der Waals surface area contributed by atoms with Crippen LogP contribution in [0.2, 0.25) is 5.02 Å². The SMILES string of the molecule is COC(=O)c1ccc([C@@H]2Oc3ccc(Cl)cc3C3=C2[C@H](c2ccccc2)n2ncnc2N3)cc1. The van der Waals surface area contributed by atoms with Crippen molar-refractivity contribution >= 4 is 29.2 Å². The van der Waals surface area contributed by atoms with Crippen molar-refractivity contribution in [3.8, 4) is 5.75 Å². The van der Waals surface area contributed by atoms with E-state index in [0.29, 0.717) is 22.3 Å². The lowest BCUT2D eigenvalue weighted by Gasteiger charge is -2.39. The Morgan fingerprint density at radius 3 is 2.62 bits per heavy atom. The second-order valence-electron chi connectivity index (χ2n) is 8.05. The first-order valence-corrected chi connectivity index (χ1v) is 11.1. The van der Waals surface area contributed by atoms with Crippen LogP contribution < -0.4 is 10.1 Å². The average Bonchev–Trinajstić information content (AvgIpc) is 3.35. The van der Waals surface area contributed by atoms with Crippen LogP contribution in [0.1, 0.15) is 39.2 Å². The summed E-state index contributed by atoms with van der Waals surface area (Å²) in [6.45, 7) is 0. The fourth-order valence-electron chi connectivity index (χ4n) is 4.58. The third kappa shape index (κ3) is 3.24. The Morgan fingerprint density at radius 1 is 1.06 bits per heavy atom. The molecule has 6 rings (SSSR count). The molecule has 0 unspecified atom stereocenters. The van der Waals surface area contributed by atoms with Crippen molar-refractivity contribution < 1.29 is 14.3 Å². The zero-order valence-electron chi connectivity index (χ0n) is 18.1. The Balaban J connectivity index is 1.57. The monoisotopic (exact) mass is 470 g/mol. The number of ether oxygens (including phenoxy) is 2. The molecule has 0 aliphatic carbocycles. The summed E-state index contributed by atoms with van der Waals surface area (Å²) in [7, 11) is 1.37. The Kier molecular flexibility index (Phi) is 4.85. The molecule has 34 heavy (non-hydrogen) atoms. The number of hydrogen-bond donors (Lipinski definition) is 1. The Hall–Kier alpha value is -4.10. The molecule has 0 amide bonds. The van der Waals surface area contributed by atoms with E-state index in [2.05, 4.69) is 27.5 Å². The van der Waals surface area contributed by atoms with Crippen LogP contribution in [-0.2, 0) is 4.74 Å². The van der Waals surface area contributed by atoms with Gasteiger partial charge in [-0.05, 0) is 41.5 Å². The summed E-state index contributed by atoms with van der Waals surface area (Å²) in [4.78, 5) is 16.4. The van der Waals surface area contributed by atoms with Crippen molar-refractivity contribution in [2.45, 2.75) is 12.1 Å². The maximum atomic E-state index is 12.0. The quantitative estimate of drug-likeness (QED) is 0.410. The van der Waals surface area contributed by atoms with Crippen molar-refractivity contribution in [1.29, 1.82) is 0 Å². The summed E-state index contributed by atoms with van der Waals surface area (Å²) < 4.78 is 13.3. The number of esters is 1. The van der Waals surface area contributed by atoms with E-state index in [1.165, 1.54) is 13.4 Å². The molecule has 3 aromatic carbocycles. The summed E-state index contributed by atoms with van der Waals surface area (Å²) in [5.74, 6) is 0.961. The molecule has 4 aromatic rings. The number of aromatic nitrogens is 3. The van der Waals surface area contributed by atoms with Crippen molar-refractivity contribution in [3.63, 3.8) is 0 Å². The van der Waals surface area contributed by atoms with E-state index in [9.17, 15) is 4.79 Å². The Bertz CT molecular complexity index is 1430. The van der Waals surface area contributed by atoms with E-state index in [-0.39, 0.29) is 12.0 Å². The van der Waals surface area contributed by atoms with Crippen LogP contribution in [-0.4, -0.2) is 27.8 Å². The van der Waals surface area contributed by atoms with Crippen LogP contribution in [0, 0.1) is 0 Å². The summed E-state index contributed by atoms with van der Waals surface area (Å²) in [5.41, 5.74) is 5.15. The van der Waals surface area contributed by atoms with Crippen LogP contribution in [0.5, 0.6) is 5.75 Å². The van der Waals surface area contributed by atoms with Crippen molar-refractivity contribution in [1.82, 2.24) is 14.8 Å². The number of carbonyl (C=O) groups is 1. The minimum atomic E-state index is -0.439. The van der Waals surface area contributed by atoms with E-state index < -0.39 is 6.10 Å². The van der Waals surface area contributed by atoms with Gasteiger partial charge in [0.15, 0.2) is 0 Å². The number of rotatable bonds is 3. The second kappa shape index (κ2) is 8.04. The van der Waals surface area contributed by atoms with Gasteiger partial charge in [-0.2, -0.15) is 10.1 Å². The molecule has 8 heteroatoms. The predicted octanol–water partition coefficient (Wildman–Crippen LogP) is 5.28. The van der Waals surface area contributed by atoms with Gasteiger partial charge in [0.2, 0.25) is 5.95 Å². The Labute approximate surface area is 200 Å². The molecule has 0 bridgehead atoms. The number of nitrogens with zero attached hydrogens (tertiary/aromatic N) is 3. The zero-order valence-corrected chi connectivity index (χ0v) is 18.9. The second-order valence-corrected chi connectivity index (χ2v) is 8.49. The van der Waals surface area contributed by atoms with Crippen LogP contribution in [0.4, 0.5) is 5.95 Å². The molecule has 0 saturated carbocycles. The van der Waals surface area contributed by atoms with Crippen LogP contribution in [0.25, 0.3) is 5.70 Å². The first-order valence-electron chi connectivity index (χ1n) is 10.7. The maximum Gasteiger partial charge on any atom is 0.337 e. The number of fused-ring (bicyclic) bond motifs is 3. The highest BCUT2D eigenvalue weighted by Crippen LogP contribution is 2.50. The molecule has 0 saturated heterocycles. The van der Waals surface area contributed by atoms with E-state index >= 15 is 0 Å². The van der Waals surface area contributed by atoms with Gasteiger partial charge in [0, 0.05) is 16.2 Å². The highest BCUT2D eigenvalue weighted by Gasteiger charge is 2.41. The number of nitrogens with one attached hydrogen (secondary N) is 1. The first-order chi connectivity index (χ1) is 16.6. The molecular weight excluding hydrogens is 452 g/mol. The van der Waals surface area contributed by atoms with Crippen LogP contribution >= 0.6 is 11.6 Å². The highest BCUT2D eigenvalue weighted by atomic mass is 35.5. The molecule has 7 nitrogen and oxygen atoms in total. The number of methoxy groups -OCH3 is 1. The number of benzene rings is 3. The van der Waals surface area contributed by atoms with Crippen molar-refractivity contribution in [2.24, 2.45) is 0 Å². The fourth-order valence-corrected chi connectivity index (χ4v) is 4.76. The average molecular weight is 471 g/mol. The molecule has 2 aliphatic heterocycles. The van der Waals surface area contributed by atoms with Gasteiger partial charge >= 0.3 is 5.97 Å². The summed E-state index contributed by atoms with van der Waals surface area (Å²) in [6.07, 6.45) is 1.10. The third-order valence-electron chi connectivity index (χ3n) is 6.13. The van der Waals surface area contributed by atoms with Crippen molar-refractivity contribution in [3.05, 3.63) is 112 Å². The van der Waals surface area contributed by atoms with E-state index in [1.807, 2.05) is 53.2 Å². The molecule has 2 atom stereocenters. The summed E-state index contributed by atoms with van der Waals surface area (Å²) in [5, 5.41) is 8.59. The maximum absolute atomic E-state index is 12.0. The Morgan fingerprint density at radius 2 is 1.85 bits per heavy atom. The molecule has 1 N–H and O–H groups in total. The van der Waals surface area contributed by atoms with Gasteiger partial charge in [0.05, 0.1) is 18.4 Å². The van der Waals surface area contributed by atoms with E-state index in [4.69, 9.17) is 21.1 Å². The lowest BCUT2D eigenvalue weighted by Crippen LogP contribution is -2.32. The predicted molar refractivity (Wildman–Crippen MR) is 128 cm³/mol. The van der Waals surface area contributed by atoms with E-state index in [1.54, 1.807) is 12.1 Å². The molecule has 0 radical (unpaired) electrons. The first kappa shape index (κ1) is 20.5. The van der Waals surface area contributed by atoms with Crippen molar-refractivity contribution in [2.75, 3.05) is 12.4 Å². The van der Waals surface area contributed by atoms with Gasteiger partial charge in [0.1, 0.15) is 24.2 Å². The van der Waals surface area contributed by atoms with Crippen LogP contribution in [0.3, 0.4) is 0 Å². The summed E-state index contributed by atoms with van der Waals surface area (Å²) in [6, 6.07) is 22.7. The fraction of sp³-hybridized carbons (Fsp3) is 0.115. The van der Waals surface area contributed by atoms with Gasteiger partial charge in [-0.25, -0.2) is 9.48 Å². The van der Waals surface area contributed by atoms with Gasteiger partial charge in [0.25, 0.3) is 0 Å².